The lowest BCUT2D eigenvalue weighted by molar-refractivity contribution is 0.143. The fourth-order valence-corrected chi connectivity index (χ4v) is 4.78. The van der Waals surface area contributed by atoms with E-state index < -0.39 is 21.9 Å². The van der Waals surface area contributed by atoms with Gasteiger partial charge in [-0.3, -0.25) is 0 Å². The van der Waals surface area contributed by atoms with Crippen molar-refractivity contribution in [2.45, 2.75) is 23.8 Å². The summed E-state index contributed by atoms with van der Waals surface area (Å²) in [5, 5.41) is 19.3. The van der Waals surface area contributed by atoms with E-state index >= 15 is 0 Å². The lowest BCUT2D eigenvalue weighted by atomic mass is 10.2. The van der Waals surface area contributed by atoms with Gasteiger partial charge in [-0.15, -0.1) is 0 Å². The van der Waals surface area contributed by atoms with Crippen LogP contribution < -0.4 is 14.2 Å². The molecule has 1 heterocycles. The molecule has 0 spiro atoms. The maximum atomic E-state index is 12.5. The van der Waals surface area contributed by atoms with Crippen molar-refractivity contribution in [2.75, 3.05) is 0 Å². The minimum atomic E-state index is -3.93. The zero-order valence-electron chi connectivity index (χ0n) is 15.0. The molecule has 0 aliphatic heterocycles. The zero-order chi connectivity index (χ0) is 21.6. The molecule has 1 saturated carbocycles. The number of aromatic nitrogens is 1. The molecule has 4 rings (SSSR count). The number of ether oxygens (including phenoxy) is 2. The predicted octanol–water partition coefficient (Wildman–Crippen LogP) is 4.47. The molecule has 4 N–H and O–H groups in total. The standard InChI is InChI=1S/C18H14Cl2N2O7S/c19-11-7-12-10(6-15(21-12)29-18(24)25)16(20)17(11)28-9-3-4-13(23)14(5-9)30(26,27)22-8-1-2-8/h3-8,21-23H,1-2H2,(H,24,25). The summed E-state index contributed by atoms with van der Waals surface area (Å²) in [5.41, 5.74) is 0.413. The van der Waals surface area contributed by atoms with Crippen LogP contribution in [0.25, 0.3) is 10.9 Å². The number of H-pyrrole nitrogens is 1. The van der Waals surface area contributed by atoms with E-state index in [0.717, 1.165) is 18.9 Å². The van der Waals surface area contributed by atoms with Crippen molar-refractivity contribution in [3.05, 3.63) is 40.4 Å². The third kappa shape index (κ3) is 4.12. The number of phenols is 1. The van der Waals surface area contributed by atoms with Crippen LogP contribution in [0.5, 0.6) is 23.1 Å². The Balaban J connectivity index is 1.70. The Labute approximate surface area is 180 Å². The maximum absolute atomic E-state index is 12.5. The van der Waals surface area contributed by atoms with E-state index in [-0.39, 0.29) is 38.4 Å². The van der Waals surface area contributed by atoms with Crippen molar-refractivity contribution in [1.82, 2.24) is 9.71 Å². The van der Waals surface area contributed by atoms with Crippen LogP contribution in [0, 0.1) is 0 Å². The van der Waals surface area contributed by atoms with Gasteiger partial charge in [0.15, 0.2) is 5.75 Å². The van der Waals surface area contributed by atoms with Gasteiger partial charge in [0.2, 0.25) is 15.9 Å². The molecule has 0 saturated heterocycles. The molecule has 12 heteroatoms. The first-order chi connectivity index (χ1) is 14.1. The number of benzene rings is 2. The normalized spacial score (nSPS) is 14.1. The first kappa shape index (κ1) is 20.6. The Kier molecular flexibility index (Phi) is 5.18. The Morgan fingerprint density at radius 2 is 1.93 bits per heavy atom. The van der Waals surface area contributed by atoms with Crippen LogP contribution in [-0.2, 0) is 10.0 Å². The van der Waals surface area contributed by atoms with E-state index in [2.05, 4.69) is 14.4 Å². The van der Waals surface area contributed by atoms with Crippen LogP contribution in [0.1, 0.15) is 12.8 Å². The number of carbonyl (C=O) groups is 1. The highest BCUT2D eigenvalue weighted by molar-refractivity contribution is 7.89. The molecule has 0 bridgehead atoms. The minimum Gasteiger partial charge on any atom is -0.507 e. The van der Waals surface area contributed by atoms with E-state index in [4.69, 9.17) is 33.0 Å². The maximum Gasteiger partial charge on any atom is 0.512 e. The number of nitrogens with one attached hydrogen (secondary N) is 2. The molecule has 2 aromatic carbocycles. The molecule has 1 aliphatic carbocycles. The summed E-state index contributed by atoms with van der Waals surface area (Å²) >= 11 is 12.6. The van der Waals surface area contributed by atoms with Crippen molar-refractivity contribution < 1.29 is 32.9 Å². The fourth-order valence-electron chi connectivity index (χ4n) is 2.78. The van der Waals surface area contributed by atoms with Crippen molar-refractivity contribution in [3.8, 4) is 23.1 Å². The molecule has 0 atom stereocenters. The highest BCUT2D eigenvalue weighted by Gasteiger charge is 2.30. The van der Waals surface area contributed by atoms with Crippen LogP contribution in [0.3, 0.4) is 0 Å². The van der Waals surface area contributed by atoms with Gasteiger partial charge < -0.3 is 24.7 Å². The smallest absolute Gasteiger partial charge is 0.507 e. The summed E-state index contributed by atoms with van der Waals surface area (Å²) in [6, 6.07) is 6.39. The molecule has 1 aliphatic rings. The summed E-state index contributed by atoms with van der Waals surface area (Å²) < 4.78 is 37.7. The number of aromatic amines is 1. The van der Waals surface area contributed by atoms with E-state index in [1.165, 1.54) is 24.3 Å². The second-order valence-corrected chi connectivity index (χ2v) is 9.06. The number of carboxylic acid groups (broad SMARTS) is 1. The number of hydrogen-bond acceptors (Lipinski definition) is 6. The van der Waals surface area contributed by atoms with Crippen LogP contribution in [0.2, 0.25) is 10.0 Å². The van der Waals surface area contributed by atoms with E-state index in [9.17, 15) is 18.3 Å². The van der Waals surface area contributed by atoms with Crippen molar-refractivity contribution in [1.29, 1.82) is 0 Å². The molecule has 3 aromatic rings. The Morgan fingerprint density at radius 1 is 1.20 bits per heavy atom. The molecule has 0 amide bonds. The monoisotopic (exact) mass is 472 g/mol. The Bertz CT molecular complexity index is 1270. The SMILES string of the molecule is O=C(O)Oc1cc2c(Cl)c(Oc3ccc(O)c(S(=O)(=O)NC4CC4)c3)c(Cl)cc2[nH]1. The molecule has 0 radical (unpaired) electrons. The van der Waals surface area contributed by atoms with E-state index in [1.54, 1.807) is 0 Å². The van der Waals surface area contributed by atoms with Crippen LogP contribution in [0.4, 0.5) is 4.79 Å². The largest absolute Gasteiger partial charge is 0.512 e. The number of halogens is 2. The molecule has 158 valence electrons. The lowest BCUT2D eigenvalue weighted by Crippen LogP contribution is -2.25. The van der Waals surface area contributed by atoms with Gasteiger partial charge in [-0.2, -0.15) is 0 Å². The van der Waals surface area contributed by atoms with Gasteiger partial charge in [0.25, 0.3) is 0 Å². The first-order valence-corrected chi connectivity index (χ1v) is 10.8. The van der Waals surface area contributed by atoms with Gasteiger partial charge in [0.1, 0.15) is 16.4 Å². The third-order valence-electron chi connectivity index (χ3n) is 4.28. The molecular formula is C18H14Cl2N2O7S. The summed E-state index contributed by atoms with van der Waals surface area (Å²) in [4.78, 5) is 13.1. The van der Waals surface area contributed by atoms with Gasteiger partial charge >= 0.3 is 6.16 Å². The molecule has 1 fully saturated rings. The number of rotatable bonds is 6. The third-order valence-corrected chi connectivity index (χ3v) is 6.49. The summed E-state index contributed by atoms with van der Waals surface area (Å²) in [6.45, 7) is 0. The topological polar surface area (TPSA) is 138 Å². The van der Waals surface area contributed by atoms with Gasteiger partial charge in [-0.05, 0) is 31.0 Å². The van der Waals surface area contributed by atoms with Crippen LogP contribution in [0.15, 0.2) is 35.2 Å². The summed E-state index contributed by atoms with van der Waals surface area (Å²) in [5.74, 6) is -0.387. The number of fused-ring (bicyclic) bond motifs is 1. The minimum absolute atomic E-state index is 0.0240. The summed E-state index contributed by atoms with van der Waals surface area (Å²) in [7, 11) is -3.93. The average molecular weight is 473 g/mol. The zero-order valence-corrected chi connectivity index (χ0v) is 17.3. The first-order valence-electron chi connectivity index (χ1n) is 8.59. The molecule has 30 heavy (non-hydrogen) atoms. The second kappa shape index (κ2) is 7.55. The second-order valence-electron chi connectivity index (χ2n) is 6.59. The lowest BCUT2D eigenvalue weighted by Gasteiger charge is -2.13. The molecule has 0 unspecified atom stereocenters. The summed E-state index contributed by atoms with van der Waals surface area (Å²) in [6.07, 6.45) is -0.0185. The van der Waals surface area contributed by atoms with E-state index in [0.29, 0.717) is 10.9 Å². The number of sulfonamides is 1. The van der Waals surface area contributed by atoms with Crippen molar-refractivity contribution in [2.24, 2.45) is 0 Å². The number of aromatic hydroxyl groups is 1. The Hall–Kier alpha value is -2.66. The van der Waals surface area contributed by atoms with Crippen molar-refractivity contribution in [3.63, 3.8) is 0 Å². The highest BCUT2D eigenvalue weighted by atomic mass is 35.5. The van der Waals surface area contributed by atoms with Gasteiger partial charge in [-0.1, -0.05) is 23.2 Å². The number of hydrogen-bond donors (Lipinski definition) is 4. The number of phenolic OH excluding ortho intramolecular Hbond substituents is 1. The van der Waals surface area contributed by atoms with Crippen molar-refractivity contribution >= 4 is 50.3 Å². The average Bonchev–Trinajstić information content (AvgIpc) is 3.36. The van der Waals surface area contributed by atoms with Crippen LogP contribution in [-0.4, -0.2) is 35.8 Å². The predicted molar refractivity (Wildman–Crippen MR) is 108 cm³/mol. The van der Waals surface area contributed by atoms with Gasteiger partial charge in [-0.25, -0.2) is 17.9 Å². The van der Waals surface area contributed by atoms with E-state index in [1.807, 2.05) is 0 Å². The van der Waals surface area contributed by atoms with Gasteiger partial charge in [0, 0.05) is 23.6 Å². The Morgan fingerprint density at radius 3 is 2.60 bits per heavy atom. The molecule has 1 aromatic heterocycles. The fraction of sp³-hybridized carbons (Fsp3) is 0.167. The highest BCUT2D eigenvalue weighted by Crippen LogP contribution is 2.43. The van der Waals surface area contributed by atoms with Gasteiger partial charge in [0.05, 0.1) is 15.6 Å². The molecule has 9 nitrogen and oxygen atoms in total. The molecular weight excluding hydrogens is 459 g/mol. The quantitative estimate of drug-likeness (QED) is 0.388. The van der Waals surface area contributed by atoms with Crippen LogP contribution >= 0.6 is 23.2 Å².